The van der Waals surface area contributed by atoms with Crippen molar-refractivity contribution in [3.05, 3.63) is 35.4 Å². The Balaban J connectivity index is 0.000000287. The molecular formula is C13H12F3NO5. The van der Waals surface area contributed by atoms with Gasteiger partial charge in [0.2, 0.25) is 11.8 Å². The first-order valence-corrected chi connectivity index (χ1v) is 6.03. The maximum atomic E-state index is 12.1. The van der Waals surface area contributed by atoms with Gasteiger partial charge in [-0.25, -0.2) is 4.79 Å². The zero-order valence-corrected chi connectivity index (χ0v) is 11.1. The number of benzene rings is 1. The minimum atomic E-state index is -4.38. The van der Waals surface area contributed by atoms with Crippen LogP contribution < -0.4 is 5.32 Å². The van der Waals surface area contributed by atoms with Crippen LogP contribution in [-0.2, 0) is 27.1 Å². The molecule has 22 heavy (non-hydrogen) atoms. The summed E-state index contributed by atoms with van der Waals surface area (Å²) >= 11 is 0. The van der Waals surface area contributed by atoms with Crippen molar-refractivity contribution >= 4 is 18.0 Å². The molecule has 0 aliphatic carbocycles. The van der Waals surface area contributed by atoms with Crippen LogP contribution in [0, 0.1) is 0 Å². The Bertz CT molecular complexity index is 540. The number of halogens is 3. The summed E-state index contributed by atoms with van der Waals surface area (Å²) in [5, 5.41) is 10.3. The summed E-state index contributed by atoms with van der Waals surface area (Å²) in [6, 6.07) is 4.10. The lowest BCUT2D eigenvalue weighted by atomic mass is 10.1. The number of rotatable bonds is 2. The minimum absolute atomic E-state index is 0.148. The van der Waals surface area contributed by atoms with E-state index in [2.05, 4.69) is 10.1 Å². The maximum absolute atomic E-state index is 12.1. The van der Waals surface area contributed by atoms with Crippen LogP contribution in [0.1, 0.15) is 24.0 Å². The summed E-state index contributed by atoms with van der Waals surface area (Å²) in [5.41, 5.74) is -0.410. The number of alkyl halides is 3. The van der Waals surface area contributed by atoms with Crippen LogP contribution in [0.2, 0.25) is 0 Å². The van der Waals surface area contributed by atoms with Crippen molar-refractivity contribution in [1.82, 2.24) is 5.32 Å². The van der Waals surface area contributed by atoms with E-state index in [-0.39, 0.29) is 18.4 Å². The molecule has 2 amide bonds. The van der Waals surface area contributed by atoms with Crippen molar-refractivity contribution in [1.29, 1.82) is 0 Å². The van der Waals surface area contributed by atoms with Gasteiger partial charge in [0.15, 0.2) is 0 Å². The third kappa shape index (κ3) is 6.25. The van der Waals surface area contributed by atoms with Gasteiger partial charge in [-0.2, -0.15) is 13.2 Å². The van der Waals surface area contributed by atoms with Crippen LogP contribution in [0.15, 0.2) is 24.3 Å². The third-order valence-corrected chi connectivity index (χ3v) is 2.50. The average molecular weight is 319 g/mol. The number of hydrogen-bond acceptors (Lipinski definition) is 4. The largest absolute Gasteiger partial charge is 0.506 e. The van der Waals surface area contributed by atoms with E-state index in [1.165, 1.54) is 12.1 Å². The monoisotopic (exact) mass is 319 g/mol. The molecule has 1 heterocycles. The number of nitrogens with one attached hydrogen (secondary N) is 1. The lowest BCUT2D eigenvalue weighted by Gasteiger charge is -2.07. The van der Waals surface area contributed by atoms with Gasteiger partial charge in [-0.15, -0.1) is 0 Å². The summed E-state index contributed by atoms with van der Waals surface area (Å²) in [6.07, 6.45) is -5.10. The van der Waals surface area contributed by atoms with Crippen LogP contribution in [0.4, 0.5) is 18.0 Å². The first-order chi connectivity index (χ1) is 10.2. The molecule has 0 radical (unpaired) electrons. The summed E-state index contributed by atoms with van der Waals surface area (Å²) in [5.74, 6) is -0.296. The second-order valence-electron chi connectivity index (χ2n) is 4.22. The Kier molecular flexibility index (Phi) is 5.90. The molecule has 2 rings (SSSR count). The molecule has 0 bridgehead atoms. The predicted octanol–water partition coefficient (Wildman–Crippen LogP) is 2.32. The number of carboxylic acid groups (broad SMARTS) is 1. The van der Waals surface area contributed by atoms with Gasteiger partial charge in [0, 0.05) is 12.8 Å². The second kappa shape index (κ2) is 7.43. The Hall–Kier alpha value is -2.58. The summed E-state index contributed by atoms with van der Waals surface area (Å²) < 4.78 is 40.5. The molecule has 1 aliphatic rings. The minimum Gasteiger partial charge on any atom is -0.450 e. The van der Waals surface area contributed by atoms with E-state index in [1.54, 1.807) is 0 Å². The molecule has 0 saturated carbocycles. The van der Waals surface area contributed by atoms with Gasteiger partial charge < -0.3 is 9.84 Å². The van der Waals surface area contributed by atoms with E-state index in [1.807, 2.05) is 0 Å². The van der Waals surface area contributed by atoms with Crippen molar-refractivity contribution in [3.63, 3.8) is 0 Å². The third-order valence-electron chi connectivity index (χ3n) is 2.50. The summed E-state index contributed by atoms with van der Waals surface area (Å²) in [7, 11) is 0. The van der Waals surface area contributed by atoms with Gasteiger partial charge in [0.05, 0.1) is 5.56 Å². The number of carbonyl (C=O) groups excluding carboxylic acids is 2. The fourth-order valence-corrected chi connectivity index (χ4v) is 1.44. The Morgan fingerprint density at radius 2 is 1.64 bits per heavy atom. The van der Waals surface area contributed by atoms with Crippen molar-refractivity contribution in [2.24, 2.45) is 0 Å². The first-order valence-electron chi connectivity index (χ1n) is 6.03. The second-order valence-corrected chi connectivity index (χ2v) is 4.22. The lowest BCUT2D eigenvalue weighted by molar-refractivity contribution is -0.137. The highest BCUT2D eigenvalue weighted by atomic mass is 19.4. The highest BCUT2D eigenvalue weighted by Gasteiger charge is 2.29. The zero-order chi connectivity index (χ0) is 16.8. The maximum Gasteiger partial charge on any atom is 0.506 e. The smallest absolute Gasteiger partial charge is 0.450 e. The Morgan fingerprint density at radius 1 is 1.14 bits per heavy atom. The van der Waals surface area contributed by atoms with Gasteiger partial charge in [-0.1, -0.05) is 12.1 Å². The fourth-order valence-electron chi connectivity index (χ4n) is 1.44. The molecule has 120 valence electrons. The standard InChI is InChI=1S/C9H7F3O3.C4H5NO2/c10-9(11,12)7-3-1-6(2-4-7)5-15-8(13)14;6-3-1-2-4(7)5-3/h1-4H,5H2,(H,13,14);1-2H2,(H,5,6,7). The van der Waals surface area contributed by atoms with Gasteiger partial charge >= 0.3 is 12.3 Å². The van der Waals surface area contributed by atoms with E-state index < -0.39 is 17.9 Å². The average Bonchev–Trinajstić information content (AvgIpc) is 2.80. The van der Waals surface area contributed by atoms with Crippen LogP contribution in [-0.4, -0.2) is 23.1 Å². The molecule has 0 aromatic heterocycles. The van der Waals surface area contributed by atoms with E-state index in [9.17, 15) is 27.6 Å². The van der Waals surface area contributed by atoms with Crippen LogP contribution in [0.25, 0.3) is 0 Å². The Labute approximate surface area is 122 Å². The molecular weight excluding hydrogens is 307 g/mol. The molecule has 6 nitrogen and oxygen atoms in total. The SMILES string of the molecule is O=C(O)OCc1ccc(C(F)(F)F)cc1.O=C1CCC(=O)N1. The lowest BCUT2D eigenvalue weighted by Crippen LogP contribution is -2.18. The van der Waals surface area contributed by atoms with E-state index in [0.717, 1.165) is 12.1 Å². The molecule has 1 aliphatic heterocycles. The molecule has 2 N–H and O–H groups in total. The zero-order valence-electron chi connectivity index (χ0n) is 11.1. The molecule has 1 aromatic carbocycles. The molecule has 1 fully saturated rings. The van der Waals surface area contributed by atoms with E-state index in [4.69, 9.17) is 5.11 Å². The summed E-state index contributed by atoms with van der Waals surface area (Å²) in [4.78, 5) is 30.2. The quantitative estimate of drug-likeness (QED) is 0.644. The van der Waals surface area contributed by atoms with Gasteiger partial charge in [-0.3, -0.25) is 14.9 Å². The first kappa shape index (κ1) is 17.5. The van der Waals surface area contributed by atoms with E-state index in [0.29, 0.717) is 18.4 Å². The predicted molar refractivity (Wildman–Crippen MR) is 66.6 cm³/mol. The number of hydrogen-bond donors (Lipinski definition) is 2. The van der Waals surface area contributed by atoms with Crippen molar-refractivity contribution in [2.45, 2.75) is 25.6 Å². The van der Waals surface area contributed by atoms with Gasteiger partial charge in [0.25, 0.3) is 0 Å². The van der Waals surface area contributed by atoms with Crippen LogP contribution in [0.5, 0.6) is 0 Å². The van der Waals surface area contributed by atoms with Gasteiger partial charge in [0.1, 0.15) is 6.61 Å². The molecule has 1 aromatic rings. The van der Waals surface area contributed by atoms with Crippen molar-refractivity contribution < 1.29 is 37.4 Å². The number of ether oxygens (including phenoxy) is 1. The highest BCUT2D eigenvalue weighted by Crippen LogP contribution is 2.29. The normalized spacial score (nSPS) is 14.0. The molecule has 0 unspecified atom stereocenters. The molecule has 1 saturated heterocycles. The van der Waals surface area contributed by atoms with Crippen molar-refractivity contribution in [3.8, 4) is 0 Å². The topological polar surface area (TPSA) is 92.7 Å². The Morgan fingerprint density at radius 3 is 1.95 bits per heavy atom. The van der Waals surface area contributed by atoms with Gasteiger partial charge in [-0.05, 0) is 17.7 Å². The van der Waals surface area contributed by atoms with Crippen molar-refractivity contribution in [2.75, 3.05) is 0 Å². The molecule has 0 spiro atoms. The fraction of sp³-hybridized carbons (Fsp3) is 0.308. The number of amides is 2. The molecule has 0 atom stereocenters. The van der Waals surface area contributed by atoms with Crippen LogP contribution >= 0.6 is 0 Å². The molecule has 9 heteroatoms. The summed E-state index contributed by atoms with van der Waals surface area (Å²) in [6.45, 7) is -0.256. The highest BCUT2D eigenvalue weighted by molar-refractivity contribution is 6.01. The van der Waals surface area contributed by atoms with E-state index >= 15 is 0 Å². The van der Waals surface area contributed by atoms with Crippen LogP contribution in [0.3, 0.4) is 0 Å². The number of carbonyl (C=O) groups is 3. The number of imide groups is 1.